The fourth-order valence-corrected chi connectivity index (χ4v) is 1.90. The predicted molar refractivity (Wildman–Crippen MR) is 84.0 cm³/mol. The first-order valence-corrected chi connectivity index (χ1v) is 6.74. The van der Waals surface area contributed by atoms with Crippen molar-refractivity contribution in [1.29, 1.82) is 0 Å². The zero-order valence-corrected chi connectivity index (χ0v) is 12.7. The summed E-state index contributed by atoms with van der Waals surface area (Å²) >= 11 is 0. The number of methoxy groups -OCH3 is 1. The lowest BCUT2D eigenvalue weighted by Crippen LogP contribution is -2.06. The van der Waals surface area contributed by atoms with Gasteiger partial charge in [0, 0.05) is 6.07 Å². The van der Waals surface area contributed by atoms with Gasteiger partial charge in [0.2, 0.25) is 0 Å². The summed E-state index contributed by atoms with van der Waals surface area (Å²) in [5.74, 6) is 0.121. The van der Waals surface area contributed by atoms with Gasteiger partial charge >= 0.3 is 6.18 Å². The minimum Gasteiger partial charge on any atom is -0.504 e. The Balaban J connectivity index is 2.24. The van der Waals surface area contributed by atoms with Crippen molar-refractivity contribution in [3.05, 3.63) is 57.6 Å². The lowest BCUT2D eigenvalue weighted by atomic mass is 10.1. The maximum Gasteiger partial charge on any atom is 0.416 e. The Labute approximate surface area is 139 Å². The van der Waals surface area contributed by atoms with Crippen molar-refractivity contribution in [2.75, 3.05) is 12.5 Å². The van der Waals surface area contributed by atoms with Crippen LogP contribution in [-0.2, 0) is 6.18 Å². The van der Waals surface area contributed by atoms with E-state index in [1.807, 2.05) is 0 Å². The molecule has 0 saturated carbocycles. The molecule has 2 rings (SSSR count). The van der Waals surface area contributed by atoms with Crippen molar-refractivity contribution in [2.45, 2.75) is 6.18 Å². The second-order valence-electron chi connectivity index (χ2n) is 4.79. The summed E-state index contributed by atoms with van der Waals surface area (Å²) in [4.78, 5) is 10.0. The minimum atomic E-state index is -4.69. The predicted octanol–water partition coefficient (Wildman–Crippen LogP) is 3.77. The van der Waals surface area contributed by atoms with Crippen LogP contribution in [0.4, 0.5) is 24.5 Å². The molecule has 0 aliphatic heterocycles. The number of phenolic OH excluding ortho intramolecular Hbond substituents is 1. The molecule has 0 radical (unpaired) electrons. The summed E-state index contributed by atoms with van der Waals surface area (Å²) in [6, 6.07) is 6.40. The van der Waals surface area contributed by atoms with Crippen LogP contribution in [0.15, 0.2) is 41.5 Å². The summed E-state index contributed by atoms with van der Waals surface area (Å²) in [6.07, 6.45) is -3.42. The molecule has 0 bridgehead atoms. The Morgan fingerprint density at radius 3 is 2.60 bits per heavy atom. The zero-order chi connectivity index (χ0) is 18.6. The van der Waals surface area contributed by atoms with E-state index < -0.39 is 22.4 Å². The van der Waals surface area contributed by atoms with E-state index in [-0.39, 0.29) is 17.2 Å². The van der Waals surface area contributed by atoms with Gasteiger partial charge in [-0.15, -0.1) is 0 Å². The van der Waals surface area contributed by atoms with Crippen molar-refractivity contribution in [3.8, 4) is 11.5 Å². The maximum absolute atomic E-state index is 12.6. The highest BCUT2D eigenvalue weighted by molar-refractivity contribution is 5.81. The molecule has 10 heteroatoms. The van der Waals surface area contributed by atoms with Gasteiger partial charge in [-0.25, -0.2) is 0 Å². The highest BCUT2D eigenvalue weighted by Crippen LogP contribution is 2.35. The number of hydrogen-bond donors (Lipinski definition) is 2. The summed E-state index contributed by atoms with van der Waals surface area (Å²) in [5, 5.41) is 24.2. The molecule has 0 atom stereocenters. The molecule has 132 valence electrons. The minimum absolute atomic E-state index is 0.0778. The second kappa shape index (κ2) is 7.07. The van der Waals surface area contributed by atoms with E-state index in [2.05, 4.69) is 10.5 Å². The summed E-state index contributed by atoms with van der Waals surface area (Å²) in [5.41, 5.74) is 0.751. The molecule has 2 aromatic carbocycles. The van der Waals surface area contributed by atoms with Gasteiger partial charge in [0.25, 0.3) is 5.69 Å². The van der Waals surface area contributed by atoms with Crippen LogP contribution in [-0.4, -0.2) is 23.4 Å². The largest absolute Gasteiger partial charge is 0.504 e. The van der Waals surface area contributed by atoms with Crippen LogP contribution in [0.2, 0.25) is 0 Å². The van der Waals surface area contributed by atoms with Crippen LogP contribution in [0.5, 0.6) is 11.5 Å². The van der Waals surface area contributed by atoms with E-state index in [0.717, 1.165) is 6.07 Å². The molecule has 0 spiro atoms. The maximum atomic E-state index is 12.6. The summed E-state index contributed by atoms with van der Waals surface area (Å²) in [7, 11) is 1.36. The topological polar surface area (TPSA) is 97.0 Å². The Hall–Kier alpha value is -3.30. The van der Waals surface area contributed by atoms with Crippen molar-refractivity contribution in [1.82, 2.24) is 0 Å². The number of halogens is 3. The first-order valence-electron chi connectivity index (χ1n) is 6.74. The Kier molecular flexibility index (Phi) is 5.11. The van der Waals surface area contributed by atoms with E-state index in [0.29, 0.717) is 17.7 Å². The van der Waals surface area contributed by atoms with Crippen LogP contribution in [0.1, 0.15) is 11.1 Å². The van der Waals surface area contributed by atoms with E-state index >= 15 is 0 Å². The Morgan fingerprint density at radius 1 is 1.28 bits per heavy atom. The molecule has 2 N–H and O–H groups in total. The third-order valence-corrected chi connectivity index (χ3v) is 3.12. The number of benzene rings is 2. The first kappa shape index (κ1) is 18.0. The number of alkyl halides is 3. The molecule has 0 fully saturated rings. The van der Waals surface area contributed by atoms with E-state index in [1.54, 1.807) is 0 Å². The average molecular weight is 355 g/mol. The summed E-state index contributed by atoms with van der Waals surface area (Å²) in [6.45, 7) is 0. The van der Waals surface area contributed by atoms with Gasteiger partial charge in [0.15, 0.2) is 11.5 Å². The normalized spacial score (nSPS) is 11.5. The fraction of sp³-hybridized carbons (Fsp3) is 0.133. The number of nitrogens with zero attached hydrogens (tertiary/aromatic N) is 2. The zero-order valence-electron chi connectivity index (χ0n) is 12.7. The number of phenols is 1. The van der Waals surface area contributed by atoms with Crippen molar-refractivity contribution in [3.63, 3.8) is 0 Å². The van der Waals surface area contributed by atoms with Crippen molar-refractivity contribution < 1.29 is 27.9 Å². The van der Waals surface area contributed by atoms with Gasteiger partial charge in [-0.3, -0.25) is 15.5 Å². The van der Waals surface area contributed by atoms with Gasteiger partial charge in [-0.05, 0) is 35.9 Å². The molecule has 7 nitrogen and oxygen atoms in total. The van der Waals surface area contributed by atoms with Gasteiger partial charge in [0.05, 0.1) is 23.8 Å². The highest BCUT2D eigenvalue weighted by Gasteiger charge is 2.33. The number of hydrogen-bond acceptors (Lipinski definition) is 6. The average Bonchev–Trinajstić information content (AvgIpc) is 2.55. The van der Waals surface area contributed by atoms with E-state index in [9.17, 15) is 28.4 Å². The molecule has 0 amide bonds. The monoisotopic (exact) mass is 355 g/mol. The Morgan fingerprint density at radius 2 is 2.00 bits per heavy atom. The van der Waals surface area contributed by atoms with Gasteiger partial charge < -0.3 is 9.84 Å². The third-order valence-electron chi connectivity index (χ3n) is 3.12. The molecule has 0 saturated heterocycles. The van der Waals surface area contributed by atoms with Gasteiger partial charge in [0.1, 0.15) is 5.69 Å². The molecule has 0 aliphatic rings. The fourth-order valence-electron chi connectivity index (χ4n) is 1.90. The van der Waals surface area contributed by atoms with Crippen LogP contribution >= 0.6 is 0 Å². The quantitative estimate of drug-likeness (QED) is 0.483. The lowest BCUT2D eigenvalue weighted by Gasteiger charge is -2.08. The molecular formula is C15H12F3N3O4. The molecule has 2 aromatic rings. The number of hydrazone groups is 1. The molecule has 0 aliphatic carbocycles. The Bertz CT molecular complexity index is 822. The number of rotatable bonds is 5. The number of nitro groups is 1. The van der Waals surface area contributed by atoms with Crippen molar-refractivity contribution >= 4 is 17.6 Å². The van der Waals surface area contributed by atoms with Crippen LogP contribution in [0, 0.1) is 10.1 Å². The number of aromatic hydroxyl groups is 1. The number of anilines is 1. The second-order valence-corrected chi connectivity index (χ2v) is 4.79. The molecule has 0 heterocycles. The van der Waals surface area contributed by atoms with E-state index in [1.165, 1.54) is 31.5 Å². The first-order chi connectivity index (χ1) is 11.7. The van der Waals surface area contributed by atoms with Gasteiger partial charge in [-0.2, -0.15) is 18.3 Å². The van der Waals surface area contributed by atoms with Crippen LogP contribution in [0.25, 0.3) is 0 Å². The number of nitrogens with one attached hydrogen (secondary N) is 1. The van der Waals surface area contributed by atoms with Gasteiger partial charge in [-0.1, -0.05) is 0 Å². The molecule has 0 unspecified atom stereocenters. The lowest BCUT2D eigenvalue weighted by molar-refractivity contribution is -0.384. The summed E-state index contributed by atoms with van der Waals surface area (Å²) < 4.78 is 42.8. The van der Waals surface area contributed by atoms with Crippen molar-refractivity contribution in [2.24, 2.45) is 5.10 Å². The molecule has 25 heavy (non-hydrogen) atoms. The third kappa shape index (κ3) is 4.37. The molecule has 0 aromatic heterocycles. The number of ether oxygens (including phenoxy) is 1. The van der Waals surface area contributed by atoms with Crippen LogP contribution < -0.4 is 10.2 Å². The number of nitro benzene ring substituents is 1. The smallest absolute Gasteiger partial charge is 0.416 e. The molecular weight excluding hydrogens is 343 g/mol. The standard InChI is InChI=1S/C15H12F3N3O4/c1-25-14-6-9(2-5-13(14)22)8-19-20-11-4-3-10(15(16,17)18)7-12(11)21(23)24/h2-8,20,22H,1H3/b19-8+. The van der Waals surface area contributed by atoms with E-state index in [4.69, 9.17) is 4.74 Å². The van der Waals surface area contributed by atoms with Crippen LogP contribution in [0.3, 0.4) is 0 Å². The highest BCUT2D eigenvalue weighted by atomic mass is 19.4. The SMILES string of the molecule is COc1cc(/C=N/Nc2ccc(C(F)(F)F)cc2[N+](=O)[O-])ccc1O.